The smallest absolute Gasteiger partial charge is 0.268 e. The van der Waals surface area contributed by atoms with Crippen LogP contribution >= 0.6 is 11.3 Å². The molecule has 1 N–H and O–H groups in total. The molecule has 144 valence electrons. The van der Waals surface area contributed by atoms with Crippen molar-refractivity contribution in [3.8, 4) is 0 Å². The maximum Gasteiger partial charge on any atom is 0.268 e. The van der Waals surface area contributed by atoms with Crippen LogP contribution in [-0.2, 0) is 6.42 Å². The van der Waals surface area contributed by atoms with Crippen LogP contribution < -0.4 is 10.2 Å². The minimum atomic E-state index is -0.253. The Morgan fingerprint density at radius 1 is 1.29 bits per heavy atom. The highest BCUT2D eigenvalue weighted by Gasteiger charge is 2.27. The van der Waals surface area contributed by atoms with E-state index in [0.29, 0.717) is 34.1 Å². The Balaban J connectivity index is 1.60. The predicted molar refractivity (Wildman–Crippen MR) is 109 cm³/mol. The van der Waals surface area contributed by atoms with Crippen LogP contribution in [0.1, 0.15) is 56.8 Å². The number of carbonyl (C=O) groups excluding carboxylic acids is 2. The van der Waals surface area contributed by atoms with Gasteiger partial charge in [0.2, 0.25) is 0 Å². The third-order valence-corrected chi connectivity index (χ3v) is 5.71. The monoisotopic (exact) mass is 395 g/mol. The number of aromatic nitrogens is 1. The Bertz CT molecular complexity index is 1040. The molecule has 1 aliphatic rings. The number of fused-ring (bicyclic) bond motifs is 1. The number of amides is 2. The minimum absolute atomic E-state index is 0.00537. The van der Waals surface area contributed by atoms with Crippen molar-refractivity contribution >= 4 is 34.5 Å². The molecule has 2 amide bonds. The zero-order chi connectivity index (χ0) is 19.8. The molecule has 0 unspecified atom stereocenters. The highest BCUT2D eigenvalue weighted by molar-refractivity contribution is 7.12. The minimum Gasteiger partial charge on any atom is -0.360 e. The molecule has 7 heteroatoms. The summed E-state index contributed by atoms with van der Waals surface area (Å²) in [5, 5.41) is 8.76. The van der Waals surface area contributed by atoms with Gasteiger partial charge in [0.05, 0.1) is 10.6 Å². The van der Waals surface area contributed by atoms with Crippen molar-refractivity contribution < 1.29 is 14.1 Å². The molecule has 0 bridgehead atoms. The second-order valence-electron chi connectivity index (χ2n) is 7.14. The van der Waals surface area contributed by atoms with Gasteiger partial charge in [-0.1, -0.05) is 31.1 Å². The first-order chi connectivity index (χ1) is 13.5. The molecule has 3 heterocycles. The van der Waals surface area contributed by atoms with E-state index in [0.717, 1.165) is 17.7 Å². The third kappa shape index (κ3) is 3.22. The lowest BCUT2D eigenvalue weighted by molar-refractivity contribution is 0.0991. The van der Waals surface area contributed by atoms with Gasteiger partial charge in [-0.15, -0.1) is 11.3 Å². The lowest BCUT2D eigenvalue weighted by Crippen LogP contribution is -2.28. The molecule has 1 aromatic carbocycles. The number of carbonyl (C=O) groups is 2. The van der Waals surface area contributed by atoms with Crippen LogP contribution in [0, 0.1) is 6.92 Å². The highest BCUT2D eigenvalue weighted by atomic mass is 32.1. The topological polar surface area (TPSA) is 75.4 Å². The molecule has 2 aromatic heterocycles. The number of nitrogens with zero attached hydrogens (tertiary/aromatic N) is 2. The molecule has 0 radical (unpaired) electrons. The molecule has 0 aliphatic carbocycles. The number of anilines is 2. The number of hydrogen-bond donors (Lipinski definition) is 1. The van der Waals surface area contributed by atoms with Gasteiger partial charge >= 0.3 is 0 Å². The number of thiophene rings is 1. The SMILES string of the molecule is Cc1noc(C(C)C)c1C(=O)Nc1ccc2c(c1)N(C(=O)c1cccs1)CC2. The molecule has 0 spiro atoms. The highest BCUT2D eigenvalue weighted by Crippen LogP contribution is 2.33. The van der Waals surface area contributed by atoms with E-state index >= 15 is 0 Å². The van der Waals surface area contributed by atoms with Gasteiger partial charge in [-0.3, -0.25) is 9.59 Å². The maximum atomic E-state index is 12.8. The molecule has 0 saturated carbocycles. The normalized spacial score (nSPS) is 13.1. The molecule has 28 heavy (non-hydrogen) atoms. The fraction of sp³-hybridized carbons (Fsp3) is 0.286. The van der Waals surface area contributed by atoms with Gasteiger partial charge in [-0.25, -0.2) is 0 Å². The van der Waals surface area contributed by atoms with E-state index in [1.807, 2.05) is 49.6 Å². The Hall–Kier alpha value is -2.93. The molecule has 0 fully saturated rings. The molecule has 3 aromatic rings. The van der Waals surface area contributed by atoms with E-state index in [1.54, 1.807) is 11.8 Å². The van der Waals surface area contributed by atoms with Gasteiger partial charge in [0.25, 0.3) is 11.8 Å². The summed E-state index contributed by atoms with van der Waals surface area (Å²) < 4.78 is 5.32. The second-order valence-corrected chi connectivity index (χ2v) is 8.09. The van der Waals surface area contributed by atoms with Gasteiger partial charge in [0, 0.05) is 23.8 Å². The van der Waals surface area contributed by atoms with Crippen molar-refractivity contribution in [3.63, 3.8) is 0 Å². The number of aryl methyl sites for hydroxylation is 1. The van der Waals surface area contributed by atoms with Crippen LogP contribution in [0.15, 0.2) is 40.2 Å². The summed E-state index contributed by atoms with van der Waals surface area (Å²) in [7, 11) is 0. The summed E-state index contributed by atoms with van der Waals surface area (Å²) in [6, 6.07) is 9.41. The number of benzene rings is 1. The quantitative estimate of drug-likeness (QED) is 0.699. The van der Waals surface area contributed by atoms with E-state index in [-0.39, 0.29) is 17.7 Å². The first-order valence-electron chi connectivity index (χ1n) is 9.21. The van der Waals surface area contributed by atoms with Crippen LogP contribution in [0.3, 0.4) is 0 Å². The lowest BCUT2D eigenvalue weighted by atomic mass is 10.0. The van der Waals surface area contributed by atoms with Crippen LogP contribution in [0.25, 0.3) is 0 Å². The average molecular weight is 395 g/mol. The number of nitrogens with one attached hydrogen (secondary N) is 1. The predicted octanol–water partition coefficient (Wildman–Crippen LogP) is 4.62. The molecule has 0 atom stereocenters. The second kappa shape index (κ2) is 7.24. The average Bonchev–Trinajstić information content (AvgIpc) is 3.40. The molecule has 0 saturated heterocycles. The van der Waals surface area contributed by atoms with Gasteiger partial charge in [0.15, 0.2) is 5.76 Å². The molecular weight excluding hydrogens is 374 g/mol. The van der Waals surface area contributed by atoms with Crippen molar-refractivity contribution in [1.29, 1.82) is 0 Å². The number of hydrogen-bond acceptors (Lipinski definition) is 5. The first-order valence-corrected chi connectivity index (χ1v) is 10.1. The van der Waals surface area contributed by atoms with Crippen molar-refractivity contribution in [2.75, 3.05) is 16.8 Å². The maximum absolute atomic E-state index is 12.8. The molecule has 6 nitrogen and oxygen atoms in total. The summed E-state index contributed by atoms with van der Waals surface area (Å²) in [4.78, 5) is 28.1. The Kier molecular flexibility index (Phi) is 4.77. The zero-order valence-corrected chi connectivity index (χ0v) is 16.8. The van der Waals surface area contributed by atoms with Crippen LogP contribution in [0.5, 0.6) is 0 Å². The van der Waals surface area contributed by atoms with Gasteiger partial charge in [-0.05, 0) is 42.5 Å². The lowest BCUT2D eigenvalue weighted by Gasteiger charge is -2.17. The van der Waals surface area contributed by atoms with Gasteiger partial charge < -0.3 is 14.7 Å². The summed E-state index contributed by atoms with van der Waals surface area (Å²) >= 11 is 1.43. The van der Waals surface area contributed by atoms with Crippen LogP contribution in [0.2, 0.25) is 0 Å². The van der Waals surface area contributed by atoms with E-state index in [2.05, 4.69) is 10.5 Å². The summed E-state index contributed by atoms with van der Waals surface area (Å²) in [6.45, 7) is 6.32. The Labute approximate surface area is 167 Å². The first kappa shape index (κ1) is 18.4. The van der Waals surface area contributed by atoms with Crippen molar-refractivity contribution in [1.82, 2.24) is 5.16 Å². The van der Waals surface area contributed by atoms with Crippen LogP contribution in [0.4, 0.5) is 11.4 Å². The van der Waals surface area contributed by atoms with Gasteiger partial charge in [-0.2, -0.15) is 0 Å². The van der Waals surface area contributed by atoms with E-state index in [9.17, 15) is 9.59 Å². The zero-order valence-electron chi connectivity index (χ0n) is 16.0. The largest absolute Gasteiger partial charge is 0.360 e. The van der Waals surface area contributed by atoms with E-state index in [4.69, 9.17) is 4.52 Å². The Morgan fingerprint density at radius 2 is 2.11 bits per heavy atom. The number of rotatable bonds is 4. The fourth-order valence-corrected chi connectivity index (χ4v) is 4.12. The molecular formula is C21H21N3O3S. The summed E-state index contributed by atoms with van der Waals surface area (Å²) in [6.07, 6.45) is 0.808. The third-order valence-electron chi connectivity index (χ3n) is 4.86. The molecule has 4 rings (SSSR count). The summed E-state index contributed by atoms with van der Waals surface area (Å²) in [5.74, 6) is 0.372. The van der Waals surface area contributed by atoms with Crippen molar-refractivity contribution in [3.05, 3.63) is 63.2 Å². The molecule has 1 aliphatic heterocycles. The van der Waals surface area contributed by atoms with Crippen LogP contribution in [-0.4, -0.2) is 23.5 Å². The van der Waals surface area contributed by atoms with Crippen molar-refractivity contribution in [2.24, 2.45) is 0 Å². The Morgan fingerprint density at radius 3 is 2.82 bits per heavy atom. The van der Waals surface area contributed by atoms with Gasteiger partial charge in [0.1, 0.15) is 5.56 Å². The summed E-state index contributed by atoms with van der Waals surface area (Å²) in [5.41, 5.74) is 3.64. The van der Waals surface area contributed by atoms with E-state index < -0.39 is 0 Å². The standard InChI is InChI=1S/C21H21N3O3S/c1-12(2)19-18(13(3)23-27-19)20(25)22-15-7-6-14-8-9-24(16(14)11-15)21(26)17-5-4-10-28-17/h4-7,10-12H,8-9H2,1-3H3,(H,22,25). The van der Waals surface area contributed by atoms with E-state index in [1.165, 1.54) is 11.3 Å². The fourth-order valence-electron chi connectivity index (χ4n) is 3.45. The van der Waals surface area contributed by atoms with Crippen molar-refractivity contribution in [2.45, 2.75) is 33.1 Å².